The molecule has 4 unspecified atom stereocenters. The van der Waals surface area contributed by atoms with E-state index in [2.05, 4.69) is 90.1 Å². The Morgan fingerprint density at radius 3 is 1.28 bits per heavy atom. The number of hydrogen-bond acceptors (Lipinski definition) is 3. The van der Waals surface area contributed by atoms with Gasteiger partial charge in [0.05, 0.1) is 13.2 Å². The second-order valence-electron chi connectivity index (χ2n) is 10.5. The van der Waals surface area contributed by atoms with Crippen LogP contribution in [0.4, 0.5) is 0 Å². The molecule has 0 N–H and O–H groups in total. The van der Waals surface area contributed by atoms with Gasteiger partial charge in [-0.3, -0.25) is 0 Å². The van der Waals surface area contributed by atoms with Crippen LogP contribution < -0.4 is 0 Å². The molecule has 1 nitrogen and oxygen atoms in total. The molecule has 0 aromatic heterocycles. The maximum atomic E-state index is 6.10. The van der Waals surface area contributed by atoms with Crippen molar-refractivity contribution in [1.82, 2.24) is 0 Å². The monoisotopic (exact) mass is 426 g/mol. The van der Waals surface area contributed by atoms with E-state index in [-0.39, 0.29) is 10.8 Å². The van der Waals surface area contributed by atoms with E-state index in [1.807, 2.05) is 23.5 Å². The van der Waals surface area contributed by atoms with Crippen molar-refractivity contribution in [3.63, 3.8) is 0 Å². The largest absolute Gasteiger partial charge is 0.379 e. The standard InChI is InChI=1S/C26H34OS2/c1-25(2,3)19-11-7-17(8-12-19)23-21(28-23)15-27-16-22-24(29-22)18-9-13-20(14-10-18)26(4,5)6/h7-14,21-24H,15-16H2,1-6H3. The molecule has 2 fully saturated rings. The summed E-state index contributed by atoms with van der Waals surface area (Å²) in [6, 6.07) is 18.4. The van der Waals surface area contributed by atoms with Crippen LogP contribution in [-0.4, -0.2) is 23.7 Å². The topological polar surface area (TPSA) is 9.23 Å². The van der Waals surface area contributed by atoms with Gasteiger partial charge in [0, 0.05) is 21.0 Å². The Labute approximate surface area is 185 Å². The highest BCUT2D eigenvalue weighted by molar-refractivity contribution is 8.07. The minimum atomic E-state index is 0.225. The Balaban J connectivity index is 1.20. The van der Waals surface area contributed by atoms with Crippen LogP contribution in [0.15, 0.2) is 48.5 Å². The molecule has 2 aromatic rings. The molecule has 0 aliphatic carbocycles. The molecule has 4 rings (SSSR count). The molecule has 2 aromatic carbocycles. The van der Waals surface area contributed by atoms with Crippen LogP contribution in [0.1, 0.15) is 74.3 Å². The predicted molar refractivity (Wildman–Crippen MR) is 129 cm³/mol. The molecule has 2 aliphatic rings. The zero-order chi connectivity index (χ0) is 20.8. The first-order valence-corrected chi connectivity index (χ1v) is 12.6. The van der Waals surface area contributed by atoms with E-state index in [9.17, 15) is 0 Å². The fourth-order valence-corrected chi connectivity index (χ4v) is 5.79. The van der Waals surface area contributed by atoms with Crippen molar-refractivity contribution in [1.29, 1.82) is 0 Å². The van der Waals surface area contributed by atoms with Gasteiger partial charge in [-0.2, -0.15) is 0 Å². The molecule has 0 bridgehead atoms. The van der Waals surface area contributed by atoms with Gasteiger partial charge in [-0.05, 0) is 33.1 Å². The summed E-state index contributed by atoms with van der Waals surface area (Å²) >= 11 is 4.09. The van der Waals surface area contributed by atoms with Crippen molar-refractivity contribution in [3.8, 4) is 0 Å². The molecule has 2 aliphatic heterocycles. The molecular formula is C26H34OS2. The summed E-state index contributed by atoms with van der Waals surface area (Å²) in [4.78, 5) is 0. The van der Waals surface area contributed by atoms with Crippen LogP contribution in [-0.2, 0) is 15.6 Å². The first-order chi connectivity index (χ1) is 13.6. The summed E-state index contributed by atoms with van der Waals surface area (Å²) < 4.78 is 6.10. The second-order valence-corrected chi connectivity index (χ2v) is 13.2. The zero-order valence-electron chi connectivity index (χ0n) is 18.6. The summed E-state index contributed by atoms with van der Waals surface area (Å²) in [5.41, 5.74) is 6.18. The normalized spacial score (nSPS) is 26.4. The second kappa shape index (κ2) is 7.98. The van der Waals surface area contributed by atoms with E-state index in [4.69, 9.17) is 4.74 Å². The SMILES string of the molecule is CC(C)(C)c1ccc(C2SC2COCC2SC2c2ccc(C(C)(C)C)cc2)cc1. The van der Waals surface area contributed by atoms with E-state index in [1.54, 1.807) is 0 Å². The fraction of sp³-hybridized carbons (Fsp3) is 0.538. The Hall–Kier alpha value is -0.900. The van der Waals surface area contributed by atoms with Crippen LogP contribution in [0.5, 0.6) is 0 Å². The lowest BCUT2D eigenvalue weighted by Crippen LogP contribution is -2.11. The molecule has 0 radical (unpaired) electrons. The maximum absolute atomic E-state index is 6.10. The van der Waals surface area contributed by atoms with Gasteiger partial charge < -0.3 is 4.74 Å². The minimum absolute atomic E-state index is 0.225. The summed E-state index contributed by atoms with van der Waals surface area (Å²) in [7, 11) is 0. The average molecular weight is 427 g/mol. The average Bonchev–Trinajstić information content (AvgIpc) is 3.57. The molecule has 0 amide bonds. The first kappa shape index (κ1) is 21.3. The lowest BCUT2D eigenvalue weighted by atomic mass is 9.86. The third kappa shape index (κ3) is 5.24. The van der Waals surface area contributed by atoms with Gasteiger partial charge in [-0.25, -0.2) is 0 Å². The van der Waals surface area contributed by atoms with Crippen molar-refractivity contribution in [3.05, 3.63) is 70.8 Å². The molecule has 0 spiro atoms. The van der Waals surface area contributed by atoms with Gasteiger partial charge in [0.1, 0.15) is 0 Å². The van der Waals surface area contributed by atoms with E-state index >= 15 is 0 Å². The third-order valence-corrected chi connectivity index (χ3v) is 8.61. The van der Waals surface area contributed by atoms with Gasteiger partial charge >= 0.3 is 0 Å². The maximum Gasteiger partial charge on any atom is 0.0599 e. The van der Waals surface area contributed by atoms with Crippen LogP contribution in [0.3, 0.4) is 0 Å². The highest BCUT2D eigenvalue weighted by Crippen LogP contribution is 2.57. The van der Waals surface area contributed by atoms with Crippen LogP contribution in [0.25, 0.3) is 0 Å². The lowest BCUT2D eigenvalue weighted by Gasteiger charge is -2.19. The molecule has 2 heterocycles. The number of thioether (sulfide) groups is 2. The smallest absolute Gasteiger partial charge is 0.0599 e. The number of hydrogen-bond donors (Lipinski definition) is 0. The lowest BCUT2D eigenvalue weighted by molar-refractivity contribution is 0.145. The summed E-state index contributed by atoms with van der Waals surface area (Å²) in [5, 5.41) is 2.50. The van der Waals surface area contributed by atoms with Crippen molar-refractivity contribution in [2.75, 3.05) is 13.2 Å². The zero-order valence-corrected chi connectivity index (χ0v) is 20.2. The van der Waals surface area contributed by atoms with Crippen molar-refractivity contribution >= 4 is 23.5 Å². The molecule has 2 saturated heterocycles. The van der Waals surface area contributed by atoms with Crippen molar-refractivity contribution < 1.29 is 4.74 Å². The van der Waals surface area contributed by atoms with E-state index in [0.29, 0.717) is 21.0 Å². The van der Waals surface area contributed by atoms with Crippen LogP contribution in [0, 0.1) is 0 Å². The van der Waals surface area contributed by atoms with E-state index < -0.39 is 0 Å². The Morgan fingerprint density at radius 2 is 0.966 bits per heavy atom. The van der Waals surface area contributed by atoms with Gasteiger partial charge in [0.2, 0.25) is 0 Å². The summed E-state index contributed by atoms with van der Waals surface area (Å²) in [5.74, 6) is 0. The van der Waals surface area contributed by atoms with Gasteiger partial charge in [0.25, 0.3) is 0 Å². The summed E-state index contributed by atoms with van der Waals surface area (Å²) in [6.07, 6.45) is 0. The van der Waals surface area contributed by atoms with Gasteiger partial charge in [-0.15, -0.1) is 23.5 Å². The van der Waals surface area contributed by atoms with E-state index in [1.165, 1.54) is 22.3 Å². The van der Waals surface area contributed by atoms with E-state index in [0.717, 1.165) is 13.2 Å². The Bertz CT molecular complexity index is 755. The summed E-state index contributed by atoms with van der Waals surface area (Å²) in [6.45, 7) is 15.4. The first-order valence-electron chi connectivity index (χ1n) is 10.7. The molecule has 4 atom stereocenters. The highest BCUT2D eigenvalue weighted by Gasteiger charge is 2.42. The molecule has 156 valence electrons. The highest BCUT2D eigenvalue weighted by atomic mass is 32.2. The third-order valence-electron chi connectivity index (χ3n) is 5.94. The number of benzene rings is 2. The Kier molecular flexibility index (Phi) is 5.87. The molecular weight excluding hydrogens is 392 g/mol. The van der Waals surface area contributed by atoms with Gasteiger partial charge in [-0.1, -0.05) is 90.1 Å². The van der Waals surface area contributed by atoms with Crippen LogP contribution >= 0.6 is 23.5 Å². The van der Waals surface area contributed by atoms with Crippen molar-refractivity contribution in [2.24, 2.45) is 0 Å². The number of ether oxygens (including phenoxy) is 1. The van der Waals surface area contributed by atoms with Crippen LogP contribution in [0.2, 0.25) is 0 Å². The number of rotatable bonds is 6. The molecule has 0 saturated carbocycles. The molecule has 29 heavy (non-hydrogen) atoms. The Morgan fingerprint density at radius 1 is 0.621 bits per heavy atom. The quantitative estimate of drug-likeness (QED) is 0.448. The minimum Gasteiger partial charge on any atom is -0.379 e. The molecule has 3 heteroatoms. The predicted octanol–water partition coefficient (Wildman–Crippen LogP) is 7.31. The van der Waals surface area contributed by atoms with Gasteiger partial charge in [0.15, 0.2) is 0 Å². The fourth-order valence-electron chi connectivity index (χ4n) is 3.77. The van der Waals surface area contributed by atoms with Crippen molar-refractivity contribution in [2.45, 2.75) is 73.4 Å².